The molecule has 7 nitrogen and oxygen atoms in total. The third kappa shape index (κ3) is 3.25. The molecule has 0 bridgehead atoms. The summed E-state index contributed by atoms with van der Waals surface area (Å²) in [5.74, 6) is 0.00528. The van der Waals surface area contributed by atoms with E-state index < -0.39 is 6.10 Å². The minimum Gasteiger partial charge on any atom is -0.393 e. The normalized spacial score (nSPS) is 17.5. The number of aliphatic hydroxyl groups excluding tert-OH is 1. The highest BCUT2D eigenvalue weighted by atomic mass is 16.3. The fraction of sp³-hybridized carbons (Fsp3) is 0.500. The number of nitrogens with zero attached hydrogens (tertiary/aromatic N) is 2. The molecule has 2 rings (SSSR count). The van der Waals surface area contributed by atoms with E-state index >= 15 is 0 Å². The maximum atomic E-state index is 11.2. The van der Waals surface area contributed by atoms with Crippen LogP contribution in [0.3, 0.4) is 0 Å². The summed E-state index contributed by atoms with van der Waals surface area (Å²) < 4.78 is 0. The molecule has 0 aromatic carbocycles. The summed E-state index contributed by atoms with van der Waals surface area (Å²) in [5, 5.41) is 14.8. The number of hydrogen-bond acceptors (Lipinski definition) is 5. The molecule has 1 heterocycles. The summed E-state index contributed by atoms with van der Waals surface area (Å²) in [6.07, 6.45) is 1.17. The first kappa shape index (κ1) is 13.4. The molecule has 0 fully saturated rings. The van der Waals surface area contributed by atoms with Gasteiger partial charge in [0.15, 0.2) is 0 Å². The summed E-state index contributed by atoms with van der Waals surface area (Å²) in [5.41, 5.74) is 1.50. The van der Waals surface area contributed by atoms with Crippen LogP contribution in [0.5, 0.6) is 0 Å². The maximum Gasteiger partial charge on any atom is 0.231 e. The lowest BCUT2D eigenvalue weighted by molar-refractivity contribution is -0.115. The molecular weight excluding hydrogens is 248 g/mol. The van der Waals surface area contributed by atoms with Crippen molar-refractivity contribution in [2.24, 2.45) is 0 Å². The summed E-state index contributed by atoms with van der Waals surface area (Å²) in [6, 6.07) is 0. The Morgan fingerprint density at radius 3 is 2.53 bits per heavy atom. The molecule has 0 radical (unpaired) electrons. The second-order valence-electron chi connectivity index (χ2n) is 4.58. The van der Waals surface area contributed by atoms with Crippen LogP contribution in [0.1, 0.15) is 31.5 Å². The fourth-order valence-electron chi connectivity index (χ4n) is 2.08. The first-order chi connectivity index (χ1) is 8.95. The van der Waals surface area contributed by atoms with Gasteiger partial charge >= 0.3 is 0 Å². The Balaban J connectivity index is 2.41. The second-order valence-corrected chi connectivity index (χ2v) is 4.58. The predicted octanol–water partition coefficient (Wildman–Crippen LogP) is 0.243. The molecule has 1 aliphatic rings. The average Bonchev–Trinajstić information content (AvgIpc) is 2.28. The zero-order valence-corrected chi connectivity index (χ0v) is 10.9. The van der Waals surface area contributed by atoms with E-state index in [0.717, 1.165) is 11.3 Å². The highest BCUT2D eigenvalue weighted by Gasteiger charge is 2.23. The number of carbonyl (C=O) groups excluding carboxylic acids is 2. The highest BCUT2D eigenvalue weighted by molar-refractivity contribution is 5.90. The lowest BCUT2D eigenvalue weighted by atomic mass is 9.94. The fourth-order valence-corrected chi connectivity index (χ4v) is 2.08. The molecule has 0 spiro atoms. The minimum absolute atomic E-state index is 0.173. The largest absolute Gasteiger partial charge is 0.393 e. The monoisotopic (exact) mass is 264 g/mol. The minimum atomic E-state index is -0.449. The standard InChI is InChI=1S/C12H16N4O3/c1-6(17)13-11-9-5-8(19)3-4-10(9)15-12(16-11)14-7(2)18/h8,19H,3-5H2,1-2H3,(H2,13,14,15,16,17,18). The van der Waals surface area contributed by atoms with E-state index in [1.165, 1.54) is 13.8 Å². The number of aromatic nitrogens is 2. The Morgan fingerprint density at radius 1 is 1.21 bits per heavy atom. The van der Waals surface area contributed by atoms with Gasteiger partial charge in [0.05, 0.1) is 11.8 Å². The number of rotatable bonds is 2. The van der Waals surface area contributed by atoms with Gasteiger partial charge in [-0.2, -0.15) is 4.98 Å². The van der Waals surface area contributed by atoms with Crippen molar-refractivity contribution in [1.29, 1.82) is 0 Å². The van der Waals surface area contributed by atoms with E-state index in [2.05, 4.69) is 20.6 Å². The molecule has 1 atom stereocenters. The van der Waals surface area contributed by atoms with Gasteiger partial charge in [0.2, 0.25) is 17.8 Å². The molecule has 1 aliphatic carbocycles. The van der Waals surface area contributed by atoms with Crippen LogP contribution >= 0.6 is 0 Å². The van der Waals surface area contributed by atoms with Crippen LogP contribution in [0.4, 0.5) is 11.8 Å². The van der Waals surface area contributed by atoms with Crippen molar-refractivity contribution in [3.8, 4) is 0 Å². The van der Waals surface area contributed by atoms with E-state index in [1.54, 1.807) is 0 Å². The first-order valence-corrected chi connectivity index (χ1v) is 6.08. The van der Waals surface area contributed by atoms with Crippen LogP contribution in [-0.4, -0.2) is 33.0 Å². The molecule has 3 N–H and O–H groups in total. The van der Waals surface area contributed by atoms with Gasteiger partial charge in [0.1, 0.15) is 5.82 Å². The number of aliphatic hydroxyl groups is 1. The lowest BCUT2D eigenvalue weighted by Gasteiger charge is -2.22. The highest BCUT2D eigenvalue weighted by Crippen LogP contribution is 2.26. The lowest BCUT2D eigenvalue weighted by Crippen LogP contribution is -2.24. The molecule has 0 saturated carbocycles. The van der Waals surface area contributed by atoms with Crippen LogP contribution in [0.25, 0.3) is 0 Å². The molecule has 7 heteroatoms. The third-order valence-corrected chi connectivity index (χ3v) is 2.83. The van der Waals surface area contributed by atoms with Crippen molar-refractivity contribution in [3.63, 3.8) is 0 Å². The van der Waals surface area contributed by atoms with Gasteiger partial charge in [-0.25, -0.2) is 4.98 Å². The van der Waals surface area contributed by atoms with Crippen LogP contribution in [-0.2, 0) is 22.4 Å². The molecule has 19 heavy (non-hydrogen) atoms. The number of carbonyl (C=O) groups is 2. The van der Waals surface area contributed by atoms with Crippen molar-refractivity contribution in [2.75, 3.05) is 10.6 Å². The predicted molar refractivity (Wildman–Crippen MR) is 68.7 cm³/mol. The van der Waals surface area contributed by atoms with Crippen molar-refractivity contribution in [2.45, 2.75) is 39.2 Å². The third-order valence-electron chi connectivity index (χ3n) is 2.83. The van der Waals surface area contributed by atoms with Crippen LogP contribution in [0, 0.1) is 0 Å². The summed E-state index contributed by atoms with van der Waals surface area (Å²) in [7, 11) is 0. The molecular formula is C12H16N4O3. The van der Waals surface area contributed by atoms with Crippen molar-refractivity contribution < 1.29 is 14.7 Å². The Labute approximate surface area is 110 Å². The Morgan fingerprint density at radius 2 is 1.89 bits per heavy atom. The molecule has 1 aromatic heterocycles. The SMILES string of the molecule is CC(=O)Nc1nc2c(c(NC(C)=O)n1)CC(O)CC2. The number of nitrogens with one attached hydrogen (secondary N) is 2. The molecule has 2 amide bonds. The number of fused-ring (bicyclic) bond motifs is 1. The number of hydrogen-bond donors (Lipinski definition) is 3. The van der Waals surface area contributed by atoms with Gasteiger partial charge in [-0.1, -0.05) is 0 Å². The van der Waals surface area contributed by atoms with Gasteiger partial charge in [-0.15, -0.1) is 0 Å². The van der Waals surface area contributed by atoms with Crippen molar-refractivity contribution >= 4 is 23.6 Å². The molecule has 1 unspecified atom stereocenters. The van der Waals surface area contributed by atoms with Crippen LogP contribution in [0.2, 0.25) is 0 Å². The van der Waals surface area contributed by atoms with Gasteiger partial charge in [-0.3, -0.25) is 14.9 Å². The van der Waals surface area contributed by atoms with E-state index in [0.29, 0.717) is 25.1 Å². The number of anilines is 2. The molecule has 0 aliphatic heterocycles. The first-order valence-electron chi connectivity index (χ1n) is 6.08. The van der Waals surface area contributed by atoms with E-state index in [4.69, 9.17) is 0 Å². The van der Waals surface area contributed by atoms with E-state index in [-0.39, 0.29) is 17.8 Å². The van der Waals surface area contributed by atoms with Crippen LogP contribution in [0.15, 0.2) is 0 Å². The smallest absolute Gasteiger partial charge is 0.231 e. The number of aryl methyl sites for hydroxylation is 1. The van der Waals surface area contributed by atoms with Crippen molar-refractivity contribution in [3.05, 3.63) is 11.3 Å². The van der Waals surface area contributed by atoms with Gasteiger partial charge in [-0.05, 0) is 12.8 Å². The quantitative estimate of drug-likeness (QED) is 0.710. The molecule has 102 valence electrons. The summed E-state index contributed by atoms with van der Waals surface area (Å²) in [4.78, 5) is 30.6. The molecule has 1 aromatic rings. The van der Waals surface area contributed by atoms with Gasteiger partial charge < -0.3 is 10.4 Å². The zero-order chi connectivity index (χ0) is 14.0. The maximum absolute atomic E-state index is 11.2. The van der Waals surface area contributed by atoms with Crippen LogP contribution < -0.4 is 10.6 Å². The van der Waals surface area contributed by atoms with Gasteiger partial charge in [0.25, 0.3) is 0 Å². The topological polar surface area (TPSA) is 104 Å². The van der Waals surface area contributed by atoms with E-state index in [9.17, 15) is 14.7 Å². The number of amides is 2. The second kappa shape index (κ2) is 5.31. The average molecular weight is 264 g/mol. The summed E-state index contributed by atoms with van der Waals surface area (Å²) in [6.45, 7) is 2.75. The Kier molecular flexibility index (Phi) is 3.75. The molecule has 0 saturated heterocycles. The van der Waals surface area contributed by atoms with Gasteiger partial charge in [0, 0.05) is 25.8 Å². The Bertz CT molecular complexity index is 530. The van der Waals surface area contributed by atoms with E-state index in [1.807, 2.05) is 0 Å². The summed E-state index contributed by atoms with van der Waals surface area (Å²) >= 11 is 0. The zero-order valence-electron chi connectivity index (χ0n) is 10.9. The Hall–Kier alpha value is -2.02. The van der Waals surface area contributed by atoms with Crippen molar-refractivity contribution in [1.82, 2.24) is 9.97 Å².